The lowest BCUT2D eigenvalue weighted by Gasteiger charge is -2.38. The van der Waals surface area contributed by atoms with Crippen LogP contribution in [-0.2, 0) is 24.6 Å². The van der Waals surface area contributed by atoms with E-state index in [1.54, 1.807) is 29.2 Å². The van der Waals surface area contributed by atoms with Gasteiger partial charge in [0.2, 0.25) is 5.60 Å². The fourth-order valence-corrected chi connectivity index (χ4v) is 5.89. The number of thiophene rings is 2. The minimum absolute atomic E-state index is 0.281. The topological polar surface area (TPSA) is 85.3 Å². The summed E-state index contributed by atoms with van der Waals surface area (Å²) < 4.78 is 17.3. The fourth-order valence-electron chi connectivity index (χ4n) is 4.18. The van der Waals surface area contributed by atoms with Crippen molar-refractivity contribution in [3.63, 3.8) is 0 Å². The number of likely N-dealkylation sites (tertiary alicyclic amines) is 1. The number of rotatable bonds is 4. The molecule has 2 aromatic rings. The van der Waals surface area contributed by atoms with E-state index >= 15 is 0 Å². The fraction of sp³-hybridized carbons (Fsp3) is 0.565. The zero-order valence-electron chi connectivity index (χ0n) is 18.5. The molecule has 9 heteroatoms. The molecule has 2 aliphatic rings. The zero-order valence-corrected chi connectivity index (χ0v) is 20.2. The van der Waals surface area contributed by atoms with E-state index in [0.717, 1.165) is 0 Å². The maximum absolute atomic E-state index is 13.2. The summed E-state index contributed by atoms with van der Waals surface area (Å²) in [5.41, 5.74) is -2.77. The molecule has 2 aliphatic heterocycles. The van der Waals surface area contributed by atoms with E-state index in [2.05, 4.69) is 0 Å². The van der Waals surface area contributed by atoms with Gasteiger partial charge in [-0.3, -0.25) is 0 Å². The highest BCUT2D eigenvalue weighted by Gasteiger charge is 2.49. The van der Waals surface area contributed by atoms with Crippen molar-refractivity contribution in [2.24, 2.45) is 0 Å². The van der Waals surface area contributed by atoms with Crippen LogP contribution in [0.1, 0.15) is 49.8 Å². The van der Waals surface area contributed by atoms with Gasteiger partial charge in [0.1, 0.15) is 11.7 Å². The number of carbonyl (C=O) groups is 2. The Morgan fingerprint density at radius 3 is 2.22 bits per heavy atom. The Hall–Kier alpha value is -1.94. The summed E-state index contributed by atoms with van der Waals surface area (Å²) in [6, 6.07) is 7.09. The molecule has 2 aromatic heterocycles. The maximum Gasteiger partial charge on any atom is 0.410 e. The van der Waals surface area contributed by atoms with Crippen molar-refractivity contribution >= 4 is 34.7 Å². The minimum atomic E-state index is -1.82. The van der Waals surface area contributed by atoms with Gasteiger partial charge in [0, 0.05) is 19.5 Å². The first-order chi connectivity index (χ1) is 15.1. The molecule has 0 aliphatic carbocycles. The molecule has 4 heterocycles. The molecule has 2 saturated heterocycles. The second-order valence-electron chi connectivity index (χ2n) is 9.36. The summed E-state index contributed by atoms with van der Waals surface area (Å²) in [5.74, 6) is -0.681. The average Bonchev–Trinajstić information content (AvgIpc) is 3.50. The molecule has 0 radical (unpaired) electrons. The van der Waals surface area contributed by atoms with E-state index in [0.29, 0.717) is 42.1 Å². The molecular weight excluding hydrogens is 450 g/mol. The predicted octanol–water partition coefficient (Wildman–Crippen LogP) is 4.15. The van der Waals surface area contributed by atoms with Crippen LogP contribution >= 0.6 is 22.7 Å². The van der Waals surface area contributed by atoms with Crippen molar-refractivity contribution in [2.75, 3.05) is 19.7 Å². The van der Waals surface area contributed by atoms with Gasteiger partial charge < -0.3 is 24.2 Å². The SMILES string of the molecule is CC(C)(C)OC(=O)N1CCC2(CC1)C[C@H](OC(=O)C(O)(c1cccs1)c1cccs1)CO2. The number of ether oxygens (including phenoxy) is 3. The lowest BCUT2D eigenvalue weighted by atomic mass is 9.88. The Balaban J connectivity index is 1.38. The van der Waals surface area contributed by atoms with Crippen LogP contribution in [0.2, 0.25) is 0 Å². The number of hydrogen-bond donors (Lipinski definition) is 1. The van der Waals surface area contributed by atoms with Gasteiger partial charge in [0.25, 0.3) is 0 Å². The van der Waals surface area contributed by atoms with Gasteiger partial charge >= 0.3 is 12.1 Å². The van der Waals surface area contributed by atoms with Crippen LogP contribution in [0, 0.1) is 0 Å². The van der Waals surface area contributed by atoms with E-state index in [-0.39, 0.29) is 12.7 Å². The smallest absolute Gasteiger partial charge is 0.410 e. The molecule has 2 fully saturated rings. The maximum atomic E-state index is 13.2. The van der Waals surface area contributed by atoms with Gasteiger partial charge in [-0.1, -0.05) is 12.1 Å². The Labute approximate surface area is 195 Å². The standard InChI is InChI=1S/C23H29NO6S2/c1-21(2,3)30-20(26)24-10-8-22(9-11-24)14-16(15-28-22)29-19(25)23(27,17-6-4-12-31-17)18-7-5-13-32-18/h4-7,12-13,16,27H,8-11,14-15H2,1-3H3/t16-/m0/s1. The second-order valence-corrected chi connectivity index (χ2v) is 11.3. The zero-order chi connectivity index (χ0) is 23.0. The van der Waals surface area contributed by atoms with E-state index < -0.39 is 28.9 Å². The molecule has 1 N–H and O–H groups in total. The third-order valence-electron chi connectivity index (χ3n) is 5.83. The minimum Gasteiger partial charge on any atom is -0.457 e. The molecule has 1 atom stereocenters. The van der Waals surface area contributed by atoms with Crippen LogP contribution in [0.5, 0.6) is 0 Å². The van der Waals surface area contributed by atoms with Crippen molar-refractivity contribution in [1.82, 2.24) is 4.90 Å². The van der Waals surface area contributed by atoms with Crippen molar-refractivity contribution in [1.29, 1.82) is 0 Å². The third-order valence-corrected chi connectivity index (χ3v) is 7.78. The van der Waals surface area contributed by atoms with Gasteiger partial charge in [-0.15, -0.1) is 22.7 Å². The van der Waals surface area contributed by atoms with Gasteiger partial charge in [0.05, 0.1) is 22.0 Å². The Morgan fingerprint density at radius 2 is 1.72 bits per heavy atom. The Kier molecular flexibility index (Phi) is 6.37. The number of esters is 1. The highest BCUT2D eigenvalue weighted by molar-refractivity contribution is 7.12. The average molecular weight is 480 g/mol. The van der Waals surface area contributed by atoms with Crippen LogP contribution in [0.4, 0.5) is 4.79 Å². The number of amides is 1. The van der Waals surface area contributed by atoms with E-state index in [1.807, 2.05) is 31.5 Å². The summed E-state index contributed by atoms with van der Waals surface area (Å²) in [5, 5.41) is 15.1. The summed E-state index contributed by atoms with van der Waals surface area (Å²) in [6.45, 7) is 6.89. The number of carbonyl (C=O) groups excluding carboxylic acids is 2. The van der Waals surface area contributed by atoms with Crippen molar-refractivity contribution in [3.8, 4) is 0 Å². The van der Waals surface area contributed by atoms with Gasteiger partial charge in [-0.25, -0.2) is 9.59 Å². The molecule has 0 aromatic carbocycles. The van der Waals surface area contributed by atoms with E-state index in [9.17, 15) is 14.7 Å². The first-order valence-electron chi connectivity index (χ1n) is 10.7. The van der Waals surface area contributed by atoms with Crippen molar-refractivity contribution in [2.45, 2.75) is 62.9 Å². The lowest BCUT2D eigenvalue weighted by Crippen LogP contribution is -2.48. The highest BCUT2D eigenvalue weighted by atomic mass is 32.1. The summed E-state index contributed by atoms with van der Waals surface area (Å²) in [7, 11) is 0. The molecular formula is C23H29NO6S2. The van der Waals surface area contributed by atoms with Crippen LogP contribution in [0.3, 0.4) is 0 Å². The molecule has 32 heavy (non-hydrogen) atoms. The molecule has 174 valence electrons. The normalized spacial score (nSPS) is 21.0. The molecule has 0 saturated carbocycles. The monoisotopic (exact) mass is 479 g/mol. The van der Waals surface area contributed by atoms with Gasteiger partial charge in [-0.2, -0.15) is 0 Å². The molecule has 4 rings (SSSR count). The molecule has 7 nitrogen and oxygen atoms in total. The first-order valence-corrected chi connectivity index (χ1v) is 12.5. The summed E-state index contributed by atoms with van der Waals surface area (Å²) in [6.07, 6.45) is 1.10. The second kappa shape index (κ2) is 8.78. The van der Waals surface area contributed by atoms with Crippen molar-refractivity contribution < 1.29 is 28.9 Å². The molecule has 0 bridgehead atoms. The summed E-state index contributed by atoms with van der Waals surface area (Å²) >= 11 is 2.64. The lowest BCUT2D eigenvalue weighted by molar-refractivity contribution is -0.167. The predicted molar refractivity (Wildman–Crippen MR) is 122 cm³/mol. The van der Waals surface area contributed by atoms with Crippen LogP contribution < -0.4 is 0 Å². The Morgan fingerprint density at radius 1 is 1.12 bits per heavy atom. The number of hydrogen-bond acceptors (Lipinski definition) is 8. The van der Waals surface area contributed by atoms with E-state index in [1.165, 1.54) is 22.7 Å². The quantitative estimate of drug-likeness (QED) is 0.663. The largest absolute Gasteiger partial charge is 0.457 e. The van der Waals surface area contributed by atoms with E-state index in [4.69, 9.17) is 14.2 Å². The number of aliphatic hydroxyl groups is 1. The molecule has 1 amide bonds. The van der Waals surface area contributed by atoms with Gasteiger partial charge in [0.15, 0.2) is 0 Å². The van der Waals surface area contributed by atoms with Crippen LogP contribution in [0.25, 0.3) is 0 Å². The van der Waals surface area contributed by atoms with Crippen LogP contribution in [-0.4, -0.2) is 59.1 Å². The molecule has 1 spiro atoms. The van der Waals surface area contributed by atoms with Gasteiger partial charge in [-0.05, 0) is 56.5 Å². The van der Waals surface area contributed by atoms with Crippen LogP contribution in [0.15, 0.2) is 35.0 Å². The summed E-state index contributed by atoms with van der Waals surface area (Å²) in [4.78, 5) is 28.3. The number of nitrogens with zero attached hydrogens (tertiary/aromatic N) is 1. The Bertz CT molecular complexity index is 892. The van der Waals surface area contributed by atoms with Crippen molar-refractivity contribution in [3.05, 3.63) is 44.8 Å². The first kappa shape index (κ1) is 23.2. The third kappa shape index (κ3) is 4.71. The molecule has 0 unspecified atom stereocenters. The number of piperidine rings is 1. The highest BCUT2D eigenvalue weighted by Crippen LogP contribution is 2.40.